The van der Waals surface area contributed by atoms with Gasteiger partial charge < -0.3 is 15.0 Å². The summed E-state index contributed by atoms with van der Waals surface area (Å²) in [5.74, 6) is -0.178. The number of halogens is 1. The van der Waals surface area contributed by atoms with Crippen LogP contribution in [0.25, 0.3) is 0 Å². The lowest BCUT2D eigenvalue weighted by Crippen LogP contribution is -2.55. The predicted molar refractivity (Wildman–Crippen MR) is 116 cm³/mol. The van der Waals surface area contributed by atoms with Gasteiger partial charge in [0.05, 0.1) is 0 Å². The van der Waals surface area contributed by atoms with Gasteiger partial charge in [0.15, 0.2) is 5.60 Å². The molecule has 2 heterocycles. The maximum absolute atomic E-state index is 13.5. The Morgan fingerprint density at radius 2 is 1.77 bits per heavy atom. The number of amides is 2. The van der Waals surface area contributed by atoms with Crippen molar-refractivity contribution in [1.82, 2.24) is 10.2 Å². The lowest BCUT2D eigenvalue weighted by Gasteiger charge is -2.50. The van der Waals surface area contributed by atoms with Crippen molar-refractivity contribution in [2.45, 2.75) is 37.7 Å². The third kappa shape index (κ3) is 3.97. The van der Waals surface area contributed by atoms with E-state index >= 15 is 0 Å². The Hall–Kier alpha value is -2.73. The van der Waals surface area contributed by atoms with Gasteiger partial charge in [0, 0.05) is 39.1 Å². The van der Waals surface area contributed by atoms with E-state index in [4.69, 9.17) is 4.74 Å². The minimum atomic E-state index is -1.05. The zero-order valence-corrected chi connectivity index (χ0v) is 18.1. The maximum atomic E-state index is 13.5. The summed E-state index contributed by atoms with van der Waals surface area (Å²) < 4.78 is 19.2. The fourth-order valence-corrected chi connectivity index (χ4v) is 5.17. The molecule has 5 nitrogen and oxygen atoms in total. The molecule has 0 saturated carbocycles. The molecule has 2 fully saturated rings. The standard InChI is InChI=1S/C25H29FN2O3/c1-24(31-2,19-6-4-3-5-7-19)23(30)28-14-12-25(13-15-28)16-22(29)27-17-21(25)18-8-10-20(26)11-9-18/h3-11,21H,12-17H2,1-2H3,(H,27,29)/t21-,24-/m1/s1. The first-order chi connectivity index (χ1) is 14.9. The number of hydrogen-bond donors (Lipinski definition) is 1. The molecule has 0 bridgehead atoms. The molecule has 31 heavy (non-hydrogen) atoms. The molecule has 164 valence electrons. The van der Waals surface area contributed by atoms with Crippen LogP contribution in [0.2, 0.25) is 0 Å². The van der Waals surface area contributed by atoms with Gasteiger partial charge in [-0.25, -0.2) is 4.39 Å². The molecule has 0 unspecified atom stereocenters. The largest absolute Gasteiger partial charge is 0.364 e. The first-order valence-corrected chi connectivity index (χ1v) is 10.8. The lowest BCUT2D eigenvalue weighted by atomic mass is 9.62. The van der Waals surface area contributed by atoms with Gasteiger partial charge in [-0.1, -0.05) is 42.5 Å². The highest BCUT2D eigenvalue weighted by Gasteiger charge is 2.48. The Morgan fingerprint density at radius 3 is 2.39 bits per heavy atom. The highest BCUT2D eigenvalue weighted by Crippen LogP contribution is 2.49. The molecular weight excluding hydrogens is 395 g/mol. The van der Waals surface area contributed by atoms with E-state index in [0.29, 0.717) is 26.1 Å². The van der Waals surface area contributed by atoms with Crippen LogP contribution in [-0.2, 0) is 19.9 Å². The van der Waals surface area contributed by atoms with Gasteiger partial charge in [-0.15, -0.1) is 0 Å². The third-order valence-electron chi connectivity index (χ3n) is 7.21. The molecule has 0 aliphatic carbocycles. The van der Waals surface area contributed by atoms with Gasteiger partial charge in [-0.3, -0.25) is 9.59 Å². The summed E-state index contributed by atoms with van der Waals surface area (Å²) in [6.45, 7) is 3.48. The lowest BCUT2D eigenvalue weighted by molar-refractivity contribution is -0.157. The van der Waals surface area contributed by atoms with Crippen molar-refractivity contribution in [3.63, 3.8) is 0 Å². The first kappa shape index (κ1) is 21.5. The second-order valence-corrected chi connectivity index (χ2v) is 8.84. The average Bonchev–Trinajstić information content (AvgIpc) is 2.80. The highest BCUT2D eigenvalue weighted by molar-refractivity contribution is 5.86. The van der Waals surface area contributed by atoms with Crippen LogP contribution < -0.4 is 5.32 Å². The van der Waals surface area contributed by atoms with Crippen molar-refractivity contribution >= 4 is 11.8 Å². The van der Waals surface area contributed by atoms with Gasteiger partial charge in [0.1, 0.15) is 5.82 Å². The quantitative estimate of drug-likeness (QED) is 0.816. The number of methoxy groups -OCH3 is 1. The molecule has 0 radical (unpaired) electrons. The number of carbonyl (C=O) groups is 2. The first-order valence-electron chi connectivity index (χ1n) is 10.8. The molecule has 2 aromatic carbocycles. The van der Waals surface area contributed by atoms with Crippen LogP contribution >= 0.6 is 0 Å². The zero-order valence-electron chi connectivity index (χ0n) is 18.1. The summed E-state index contributed by atoms with van der Waals surface area (Å²) >= 11 is 0. The number of benzene rings is 2. The predicted octanol–water partition coefficient (Wildman–Crippen LogP) is 3.60. The van der Waals surface area contributed by atoms with E-state index in [-0.39, 0.29) is 29.0 Å². The normalized spacial score (nSPS) is 22.6. The molecule has 2 atom stereocenters. The average molecular weight is 425 g/mol. The van der Waals surface area contributed by atoms with Crippen LogP contribution in [-0.4, -0.2) is 43.5 Å². The Balaban J connectivity index is 1.54. The summed E-state index contributed by atoms with van der Waals surface area (Å²) in [6, 6.07) is 16.1. The van der Waals surface area contributed by atoms with Gasteiger partial charge >= 0.3 is 0 Å². The van der Waals surface area contributed by atoms with Crippen LogP contribution in [0.4, 0.5) is 4.39 Å². The number of likely N-dealkylation sites (tertiary alicyclic amines) is 1. The van der Waals surface area contributed by atoms with Crippen molar-refractivity contribution < 1.29 is 18.7 Å². The van der Waals surface area contributed by atoms with E-state index in [1.807, 2.05) is 54.3 Å². The van der Waals surface area contributed by atoms with E-state index in [1.165, 1.54) is 12.1 Å². The number of ether oxygens (including phenoxy) is 1. The molecule has 2 aromatic rings. The van der Waals surface area contributed by atoms with E-state index in [2.05, 4.69) is 5.32 Å². The number of nitrogens with one attached hydrogen (secondary N) is 1. The van der Waals surface area contributed by atoms with Crippen molar-refractivity contribution in [2.75, 3.05) is 26.7 Å². The van der Waals surface area contributed by atoms with E-state index in [9.17, 15) is 14.0 Å². The minimum absolute atomic E-state index is 0.0455. The number of piperidine rings is 2. The smallest absolute Gasteiger partial charge is 0.259 e. The van der Waals surface area contributed by atoms with Crippen LogP contribution in [0, 0.1) is 11.2 Å². The molecule has 2 saturated heterocycles. The molecule has 2 aliphatic rings. The van der Waals surface area contributed by atoms with E-state index in [1.54, 1.807) is 7.11 Å². The summed E-state index contributed by atoms with van der Waals surface area (Å²) in [6.07, 6.45) is 1.88. The Labute approximate surface area is 182 Å². The monoisotopic (exact) mass is 424 g/mol. The second-order valence-electron chi connectivity index (χ2n) is 8.84. The van der Waals surface area contributed by atoms with Crippen LogP contribution in [0.5, 0.6) is 0 Å². The molecule has 1 N–H and O–H groups in total. The van der Waals surface area contributed by atoms with Crippen LogP contribution in [0.15, 0.2) is 54.6 Å². The fraction of sp³-hybridized carbons (Fsp3) is 0.440. The molecule has 4 rings (SSSR count). The highest BCUT2D eigenvalue weighted by atomic mass is 19.1. The summed E-state index contributed by atoms with van der Waals surface area (Å²) in [4.78, 5) is 27.6. The van der Waals surface area contributed by atoms with Crippen LogP contribution in [0.3, 0.4) is 0 Å². The molecule has 2 aliphatic heterocycles. The molecular formula is C25H29FN2O3. The van der Waals surface area contributed by atoms with E-state index < -0.39 is 5.60 Å². The fourth-order valence-electron chi connectivity index (χ4n) is 5.17. The van der Waals surface area contributed by atoms with E-state index in [0.717, 1.165) is 24.0 Å². The van der Waals surface area contributed by atoms with Crippen LogP contribution in [0.1, 0.15) is 43.2 Å². The maximum Gasteiger partial charge on any atom is 0.259 e. The van der Waals surface area contributed by atoms with Crippen molar-refractivity contribution in [1.29, 1.82) is 0 Å². The molecule has 6 heteroatoms. The van der Waals surface area contributed by atoms with Crippen molar-refractivity contribution in [3.8, 4) is 0 Å². The SMILES string of the molecule is CO[C@@](C)(C(=O)N1CCC2(CC1)CC(=O)NC[C@@H]2c1ccc(F)cc1)c1ccccc1. The number of hydrogen-bond acceptors (Lipinski definition) is 3. The Kier molecular flexibility index (Phi) is 5.84. The summed E-state index contributed by atoms with van der Waals surface area (Å²) in [5.41, 5.74) is 0.579. The third-order valence-corrected chi connectivity index (χ3v) is 7.21. The minimum Gasteiger partial charge on any atom is -0.364 e. The Morgan fingerprint density at radius 1 is 1.13 bits per heavy atom. The Bertz CT molecular complexity index is 939. The number of carbonyl (C=O) groups excluding carboxylic acids is 2. The van der Waals surface area contributed by atoms with Gasteiger partial charge in [0.2, 0.25) is 5.91 Å². The zero-order chi connectivity index (χ0) is 22.1. The molecule has 1 spiro atoms. The number of rotatable bonds is 4. The summed E-state index contributed by atoms with van der Waals surface area (Å²) in [7, 11) is 1.56. The molecule has 2 amide bonds. The summed E-state index contributed by atoms with van der Waals surface area (Å²) in [5, 5.41) is 2.97. The number of nitrogens with zero attached hydrogens (tertiary/aromatic N) is 1. The van der Waals surface area contributed by atoms with Gasteiger partial charge in [0.25, 0.3) is 5.91 Å². The van der Waals surface area contributed by atoms with Gasteiger partial charge in [-0.05, 0) is 48.4 Å². The van der Waals surface area contributed by atoms with Crippen molar-refractivity contribution in [3.05, 3.63) is 71.5 Å². The second kappa shape index (κ2) is 8.42. The van der Waals surface area contributed by atoms with Crippen molar-refractivity contribution in [2.24, 2.45) is 5.41 Å². The van der Waals surface area contributed by atoms with Gasteiger partial charge in [-0.2, -0.15) is 0 Å². The molecule has 0 aromatic heterocycles. The topological polar surface area (TPSA) is 58.6 Å².